The molecule has 0 spiro atoms. The van der Waals surface area contributed by atoms with E-state index in [1.807, 2.05) is 49.3 Å². The Morgan fingerprint density at radius 2 is 1.78 bits per heavy atom. The van der Waals surface area contributed by atoms with Gasteiger partial charge in [0, 0.05) is 56.2 Å². The van der Waals surface area contributed by atoms with Gasteiger partial charge in [-0.25, -0.2) is 13.1 Å². The van der Waals surface area contributed by atoms with Crippen LogP contribution in [0.3, 0.4) is 0 Å². The summed E-state index contributed by atoms with van der Waals surface area (Å²) in [5, 5.41) is 1.71. The number of halogens is 1. The van der Waals surface area contributed by atoms with Gasteiger partial charge in [0.1, 0.15) is 0 Å². The molecule has 2 aromatic rings. The van der Waals surface area contributed by atoms with Crippen molar-refractivity contribution in [3.8, 4) is 0 Å². The van der Waals surface area contributed by atoms with Crippen molar-refractivity contribution < 1.29 is 8.42 Å². The molecule has 1 saturated heterocycles. The minimum absolute atomic E-state index is 0. The van der Waals surface area contributed by atoms with Crippen LogP contribution in [-0.4, -0.2) is 53.1 Å². The van der Waals surface area contributed by atoms with Crippen LogP contribution in [0, 0.1) is 5.92 Å². The lowest BCUT2D eigenvalue weighted by molar-refractivity contribution is 0.270. The third kappa shape index (κ3) is 4.74. The van der Waals surface area contributed by atoms with Gasteiger partial charge in [0.25, 0.3) is 0 Å². The van der Waals surface area contributed by atoms with E-state index in [1.54, 1.807) is 6.07 Å². The monoisotopic (exact) mass is 411 g/mol. The Bertz CT molecular complexity index is 886. The summed E-state index contributed by atoms with van der Waals surface area (Å²) in [6.45, 7) is 6.69. The van der Waals surface area contributed by atoms with Crippen molar-refractivity contribution in [3.63, 3.8) is 0 Å². The van der Waals surface area contributed by atoms with Crippen molar-refractivity contribution in [2.75, 3.05) is 38.6 Å². The van der Waals surface area contributed by atoms with Gasteiger partial charge in [0.2, 0.25) is 10.0 Å². The molecule has 150 valence electrons. The van der Waals surface area contributed by atoms with Gasteiger partial charge in [-0.05, 0) is 31.4 Å². The molecule has 1 aliphatic heterocycles. The third-order valence-corrected chi connectivity index (χ3v) is 6.75. The van der Waals surface area contributed by atoms with Crippen LogP contribution in [0.4, 0.5) is 5.69 Å². The molecule has 3 rings (SSSR count). The van der Waals surface area contributed by atoms with E-state index in [2.05, 4.69) is 23.5 Å². The fourth-order valence-corrected chi connectivity index (χ4v) is 5.23. The highest BCUT2D eigenvalue weighted by molar-refractivity contribution is 7.89. The Morgan fingerprint density at radius 1 is 1.11 bits per heavy atom. The summed E-state index contributed by atoms with van der Waals surface area (Å²) < 4.78 is 28.6. The van der Waals surface area contributed by atoms with Crippen LogP contribution in [0.15, 0.2) is 41.3 Å². The Morgan fingerprint density at radius 3 is 2.41 bits per heavy atom. The van der Waals surface area contributed by atoms with Crippen molar-refractivity contribution in [1.82, 2.24) is 9.62 Å². The van der Waals surface area contributed by atoms with Crippen LogP contribution in [0.2, 0.25) is 0 Å². The molecule has 0 amide bonds. The molecule has 0 aliphatic carbocycles. The summed E-state index contributed by atoms with van der Waals surface area (Å²) in [5.41, 5.74) is 1.01. The highest BCUT2D eigenvalue weighted by atomic mass is 35.5. The van der Waals surface area contributed by atoms with E-state index in [1.165, 1.54) is 6.42 Å². The summed E-state index contributed by atoms with van der Waals surface area (Å²) in [7, 11) is 0.382. The van der Waals surface area contributed by atoms with Gasteiger partial charge in [0.05, 0.1) is 4.90 Å². The molecule has 1 fully saturated rings. The predicted octanol–water partition coefficient (Wildman–Crippen LogP) is 3.34. The topological polar surface area (TPSA) is 52.7 Å². The fraction of sp³-hybridized carbons (Fsp3) is 0.500. The summed E-state index contributed by atoms with van der Waals surface area (Å²) >= 11 is 0. The van der Waals surface area contributed by atoms with Crippen LogP contribution in [-0.2, 0) is 10.0 Å². The molecule has 0 saturated carbocycles. The molecule has 2 atom stereocenters. The van der Waals surface area contributed by atoms with E-state index >= 15 is 0 Å². The molecule has 27 heavy (non-hydrogen) atoms. The van der Waals surface area contributed by atoms with Crippen molar-refractivity contribution in [1.29, 1.82) is 0 Å². The molecule has 2 aromatic carbocycles. The van der Waals surface area contributed by atoms with Crippen LogP contribution < -0.4 is 9.62 Å². The van der Waals surface area contributed by atoms with E-state index in [-0.39, 0.29) is 12.4 Å². The standard InChI is InChI=1S/C20H29N3O2S.ClH/c1-15-13-16(2)23(14-15)12-11-21-26(24,25)20-10-6-7-17-18(20)8-5-9-19(17)22(3)4;/h5-10,15-16,21H,11-14H2,1-4H3;1H. The number of nitrogens with zero attached hydrogens (tertiary/aromatic N) is 2. The number of anilines is 1. The number of hydrogen-bond acceptors (Lipinski definition) is 4. The average molecular weight is 412 g/mol. The number of fused-ring (bicyclic) bond motifs is 1. The lowest BCUT2D eigenvalue weighted by Crippen LogP contribution is -2.36. The van der Waals surface area contributed by atoms with Crippen molar-refractivity contribution >= 4 is 38.9 Å². The lowest BCUT2D eigenvalue weighted by Gasteiger charge is -2.21. The summed E-state index contributed by atoms with van der Waals surface area (Å²) in [4.78, 5) is 4.71. The minimum Gasteiger partial charge on any atom is -0.377 e. The van der Waals surface area contributed by atoms with E-state index in [0.717, 1.165) is 29.5 Å². The molecule has 1 aliphatic rings. The highest BCUT2D eigenvalue weighted by Gasteiger charge is 2.26. The zero-order valence-electron chi connectivity index (χ0n) is 16.5. The number of rotatable bonds is 6. The molecule has 7 heteroatoms. The van der Waals surface area contributed by atoms with Crippen molar-refractivity contribution in [3.05, 3.63) is 36.4 Å². The number of nitrogens with one attached hydrogen (secondary N) is 1. The maximum Gasteiger partial charge on any atom is 0.241 e. The van der Waals surface area contributed by atoms with Crippen LogP contribution in [0.5, 0.6) is 0 Å². The fourth-order valence-electron chi connectivity index (χ4n) is 3.99. The molecule has 1 heterocycles. The number of hydrogen-bond donors (Lipinski definition) is 1. The maximum atomic E-state index is 12.9. The van der Waals surface area contributed by atoms with Gasteiger partial charge in [0.15, 0.2) is 0 Å². The van der Waals surface area contributed by atoms with Crippen LogP contribution in [0.1, 0.15) is 20.3 Å². The first-order valence-corrected chi connectivity index (χ1v) is 10.7. The summed E-state index contributed by atoms with van der Waals surface area (Å²) in [6.07, 6.45) is 1.18. The highest BCUT2D eigenvalue weighted by Crippen LogP contribution is 2.30. The van der Waals surface area contributed by atoms with Gasteiger partial charge >= 0.3 is 0 Å². The molecule has 5 nitrogen and oxygen atoms in total. The zero-order chi connectivity index (χ0) is 18.9. The summed E-state index contributed by atoms with van der Waals surface area (Å²) in [6, 6.07) is 11.8. The lowest BCUT2D eigenvalue weighted by atomic mass is 10.1. The minimum atomic E-state index is -3.55. The molecule has 0 radical (unpaired) electrons. The smallest absolute Gasteiger partial charge is 0.241 e. The van der Waals surface area contributed by atoms with E-state index in [9.17, 15) is 8.42 Å². The van der Waals surface area contributed by atoms with E-state index in [4.69, 9.17) is 0 Å². The first-order chi connectivity index (χ1) is 12.3. The van der Waals surface area contributed by atoms with Crippen LogP contribution in [0.25, 0.3) is 10.8 Å². The second-order valence-electron chi connectivity index (χ2n) is 7.61. The third-order valence-electron chi connectivity index (χ3n) is 5.23. The Hall–Kier alpha value is -1.34. The van der Waals surface area contributed by atoms with Gasteiger partial charge in [-0.3, -0.25) is 4.90 Å². The maximum absolute atomic E-state index is 12.9. The van der Waals surface area contributed by atoms with Gasteiger partial charge in [-0.2, -0.15) is 0 Å². The van der Waals surface area contributed by atoms with E-state index in [0.29, 0.717) is 23.4 Å². The Kier molecular flexibility index (Phi) is 7.14. The van der Waals surface area contributed by atoms with Crippen LogP contribution >= 0.6 is 12.4 Å². The molecule has 2 unspecified atom stereocenters. The normalized spacial score (nSPS) is 20.6. The molecule has 0 bridgehead atoms. The van der Waals surface area contributed by atoms with E-state index < -0.39 is 10.0 Å². The molecule has 1 N–H and O–H groups in total. The molecular formula is C20H30ClN3O2S. The Balaban J connectivity index is 0.00000261. The largest absolute Gasteiger partial charge is 0.377 e. The predicted molar refractivity (Wildman–Crippen MR) is 116 cm³/mol. The average Bonchev–Trinajstić information content (AvgIpc) is 2.91. The summed E-state index contributed by atoms with van der Waals surface area (Å²) in [5.74, 6) is 0.684. The molecular weight excluding hydrogens is 382 g/mol. The van der Waals surface area contributed by atoms with Gasteiger partial charge < -0.3 is 4.90 Å². The number of sulfonamides is 1. The first-order valence-electron chi connectivity index (χ1n) is 9.22. The second kappa shape index (κ2) is 8.78. The SMILES string of the molecule is CC1CC(C)N(CCNS(=O)(=O)c2cccc3c(N(C)C)cccc23)C1.Cl. The number of benzene rings is 2. The van der Waals surface area contributed by atoms with Gasteiger partial charge in [-0.15, -0.1) is 12.4 Å². The number of likely N-dealkylation sites (tertiary alicyclic amines) is 1. The second-order valence-corrected chi connectivity index (χ2v) is 9.34. The first kappa shape index (κ1) is 22.0. The quantitative estimate of drug-likeness (QED) is 0.792. The zero-order valence-corrected chi connectivity index (χ0v) is 18.1. The molecule has 0 aromatic heterocycles. The van der Waals surface area contributed by atoms with Crippen molar-refractivity contribution in [2.24, 2.45) is 5.92 Å². The van der Waals surface area contributed by atoms with Gasteiger partial charge in [-0.1, -0.05) is 31.2 Å². The van der Waals surface area contributed by atoms with Crippen molar-refractivity contribution in [2.45, 2.75) is 31.2 Å². The Labute approximate surface area is 169 Å².